The molecule has 0 radical (unpaired) electrons. The average molecular weight is 546 g/mol. The smallest absolute Gasteiger partial charge is 0.162 e. The van der Waals surface area contributed by atoms with Gasteiger partial charge in [0.1, 0.15) is 0 Å². The predicted molar refractivity (Wildman–Crippen MR) is 157 cm³/mol. The Morgan fingerprint density at radius 1 is 0.595 bits per heavy atom. The van der Waals surface area contributed by atoms with Gasteiger partial charge < -0.3 is 9.80 Å². The second kappa shape index (κ2) is 14.4. The van der Waals surface area contributed by atoms with Crippen LogP contribution in [0.5, 0.6) is 0 Å². The van der Waals surface area contributed by atoms with Crippen LogP contribution in [-0.4, -0.2) is 60.6 Å². The van der Waals surface area contributed by atoms with Crippen LogP contribution in [-0.2, 0) is 6.42 Å². The van der Waals surface area contributed by atoms with Gasteiger partial charge in [0.2, 0.25) is 0 Å². The molecule has 2 fully saturated rings. The molecule has 2 heterocycles. The van der Waals surface area contributed by atoms with E-state index in [-0.39, 0.29) is 36.4 Å². The molecule has 0 bridgehead atoms. The van der Waals surface area contributed by atoms with Crippen molar-refractivity contribution in [3.05, 3.63) is 58.7 Å². The number of carbonyl (C=O) groups excluding carboxylic acids is 2. The van der Waals surface area contributed by atoms with Crippen molar-refractivity contribution in [2.24, 2.45) is 0 Å². The van der Waals surface area contributed by atoms with E-state index in [4.69, 9.17) is 0 Å². The van der Waals surface area contributed by atoms with Crippen LogP contribution < -0.4 is 0 Å². The number of Topliss-reactive ketones (excluding diaryl/α,β-unsaturated/α-hetero) is 2. The van der Waals surface area contributed by atoms with E-state index in [0.717, 1.165) is 54.6 Å². The molecular weight excluding hydrogens is 503 g/mol. The summed E-state index contributed by atoms with van der Waals surface area (Å²) >= 11 is 0. The largest absolute Gasteiger partial charge is 0.303 e. The van der Waals surface area contributed by atoms with E-state index in [1.54, 1.807) is 0 Å². The van der Waals surface area contributed by atoms with Crippen molar-refractivity contribution in [1.29, 1.82) is 0 Å². The Balaban J connectivity index is 0.00000190. The Bertz CT molecular complexity index is 976. The number of rotatable bonds is 10. The third kappa shape index (κ3) is 7.66. The van der Waals surface area contributed by atoms with E-state index < -0.39 is 0 Å². The van der Waals surface area contributed by atoms with Gasteiger partial charge in [-0.15, -0.1) is 24.8 Å². The standard InChI is InChI=1S/C31H40N2O2.2ClH/c34-30(9-7-19-32-15-3-1-4-16-32)26-13-11-24-21-25-12-14-27(23-29(25)28(24)22-26)31(35)10-8-20-33-17-5-2-6-18-33;;/h11-14,22-23H,1-10,15-21H2;2*1H. The molecule has 0 spiro atoms. The van der Waals surface area contributed by atoms with Crippen LogP contribution in [0.1, 0.15) is 96.1 Å². The van der Waals surface area contributed by atoms with Gasteiger partial charge in [0.25, 0.3) is 0 Å². The third-order valence-corrected chi connectivity index (χ3v) is 8.19. The molecule has 0 atom stereocenters. The van der Waals surface area contributed by atoms with Gasteiger partial charge in [-0.3, -0.25) is 9.59 Å². The first-order valence-electron chi connectivity index (χ1n) is 13.9. The minimum atomic E-state index is 0. The first-order chi connectivity index (χ1) is 17.2. The molecule has 1 aliphatic carbocycles. The average Bonchev–Trinajstić information content (AvgIpc) is 3.27. The molecule has 4 nitrogen and oxygen atoms in total. The maximum absolute atomic E-state index is 12.9. The van der Waals surface area contributed by atoms with Crippen LogP contribution in [0.15, 0.2) is 36.4 Å². The lowest BCUT2D eigenvalue weighted by atomic mass is 9.96. The number of ketones is 2. The number of nitrogens with zero attached hydrogens (tertiary/aromatic N) is 2. The highest BCUT2D eigenvalue weighted by Gasteiger charge is 2.22. The van der Waals surface area contributed by atoms with E-state index >= 15 is 0 Å². The normalized spacial score (nSPS) is 17.3. The summed E-state index contributed by atoms with van der Waals surface area (Å²) in [6.07, 6.45) is 11.8. The highest BCUT2D eigenvalue weighted by molar-refractivity contribution is 6.00. The highest BCUT2D eigenvalue weighted by atomic mass is 35.5. The first-order valence-corrected chi connectivity index (χ1v) is 13.9. The molecule has 6 heteroatoms. The molecule has 202 valence electrons. The lowest BCUT2D eigenvalue weighted by Gasteiger charge is -2.26. The van der Waals surface area contributed by atoms with Crippen molar-refractivity contribution in [3.63, 3.8) is 0 Å². The minimum absolute atomic E-state index is 0. The van der Waals surface area contributed by atoms with Crippen LogP contribution in [0.2, 0.25) is 0 Å². The van der Waals surface area contributed by atoms with Crippen molar-refractivity contribution >= 4 is 36.4 Å². The van der Waals surface area contributed by atoms with Crippen molar-refractivity contribution in [3.8, 4) is 11.1 Å². The SMILES string of the molecule is Cl.Cl.O=C(CCCN1CCCCC1)c1ccc2c(c1)-c1cc(C(=O)CCCN3CCCCC3)ccc1C2. The summed E-state index contributed by atoms with van der Waals surface area (Å²) in [7, 11) is 0. The number of halogens is 2. The number of benzene rings is 2. The van der Waals surface area contributed by atoms with Gasteiger partial charge in [-0.1, -0.05) is 37.1 Å². The second-order valence-electron chi connectivity index (χ2n) is 10.8. The summed E-state index contributed by atoms with van der Waals surface area (Å²) < 4.78 is 0. The molecule has 37 heavy (non-hydrogen) atoms. The number of likely N-dealkylation sites (tertiary alicyclic amines) is 2. The molecule has 2 aliphatic heterocycles. The van der Waals surface area contributed by atoms with Crippen LogP contribution in [0.4, 0.5) is 0 Å². The zero-order chi connectivity index (χ0) is 24.0. The third-order valence-electron chi connectivity index (χ3n) is 8.19. The van der Waals surface area contributed by atoms with Crippen molar-refractivity contribution in [2.75, 3.05) is 39.3 Å². The van der Waals surface area contributed by atoms with Crippen LogP contribution >= 0.6 is 24.8 Å². The fourth-order valence-electron chi connectivity index (χ4n) is 6.10. The number of hydrogen-bond acceptors (Lipinski definition) is 4. The molecule has 0 aromatic heterocycles. The van der Waals surface area contributed by atoms with Gasteiger partial charge in [-0.2, -0.15) is 0 Å². The van der Waals surface area contributed by atoms with E-state index in [1.165, 1.54) is 75.8 Å². The molecular formula is C31H42Cl2N2O2. The number of hydrogen-bond donors (Lipinski definition) is 0. The molecule has 0 amide bonds. The van der Waals surface area contributed by atoms with Gasteiger partial charge in [0.05, 0.1) is 0 Å². The molecule has 0 N–H and O–H groups in total. The van der Waals surface area contributed by atoms with E-state index in [1.807, 2.05) is 12.1 Å². The predicted octanol–water partition coefficient (Wildman–Crippen LogP) is 7.00. The number of carbonyl (C=O) groups is 2. The van der Waals surface area contributed by atoms with Gasteiger partial charge in [0.15, 0.2) is 11.6 Å². The monoisotopic (exact) mass is 544 g/mol. The molecule has 0 unspecified atom stereocenters. The van der Waals surface area contributed by atoms with Crippen molar-refractivity contribution in [2.45, 2.75) is 70.6 Å². The van der Waals surface area contributed by atoms with Gasteiger partial charge in [-0.05, 0) is 119 Å². The summed E-state index contributed by atoms with van der Waals surface area (Å²) in [4.78, 5) is 30.9. The fourth-order valence-corrected chi connectivity index (χ4v) is 6.10. The Kier molecular flexibility index (Phi) is 11.6. The van der Waals surface area contributed by atoms with Crippen LogP contribution in [0, 0.1) is 0 Å². The number of piperidine rings is 2. The first kappa shape index (κ1) is 29.8. The summed E-state index contributed by atoms with van der Waals surface area (Å²) in [6, 6.07) is 12.4. The number of fused-ring (bicyclic) bond motifs is 3. The topological polar surface area (TPSA) is 40.6 Å². The maximum Gasteiger partial charge on any atom is 0.162 e. The quantitative estimate of drug-likeness (QED) is 0.257. The Morgan fingerprint density at radius 2 is 1.00 bits per heavy atom. The summed E-state index contributed by atoms with van der Waals surface area (Å²) in [5.41, 5.74) is 6.44. The molecule has 2 saturated heterocycles. The summed E-state index contributed by atoms with van der Waals surface area (Å²) in [5.74, 6) is 0.478. The molecule has 3 aliphatic rings. The molecule has 0 saturated carbocycles. The minimum Gasteiger partial charge on any atom is -0.303 e. The second-order valence-corrected chi connectivity index (χ2v) is 10.8. The van der Waals surface area contributed by atoms with Gasteiger partial charge in [0, 0.05) is 24.0 Å². The Morgan fingerprint density at radius 3 is 1.41 bits per heavy atom. The van der Waals surface area contributed by atoms with E-state index in [2.05, 4.69) is 34.1 Å². The maximum atomic E-state index is 12.9. The Labute approximate surface area is 235 Å². The molecule has 2 aromatic rings. The van der Waals surface area contributed by atoms with Gasteiger partial charge in [-0.25, -0.2) is 0 Å². The molecule has 2 aromatic carbocycles. The molecule has 5 rings (SSSR count). The zero-order valence-corrected chi connectivity index (χ0v) is 23.6. The summed E-state index contributed by atoms with van der Waals surface area (Å²) in [6.45, 7) is 6.80. The fraction of sp³-hybridized carbons (Fsp3) is 0.548. The van der Waals surface area contributed by atoms with Gasteiger partial charge >= 0.3 is 0 Å². The highest BCUT2D eigenvalue weighted by Crippen LogP contribution is 2.38. The van der Waals surface area contributed by atoms with Crippen molar-refractivity contribution in [1.82, 2.24) is 9.80 Å². The van der Waals surface area contributed by atoms with Crippen LogP contribution in [0.3, 0.4) is 0 Å². The summed E-state index contributed by atoms with van der Waals surface area (Å²) in [5, 5.41) is 0. The lowest BCUT2D eigenvalue weighted by molar-refractivity contribution is 0.0965. The van der Waals surface area contributed by atoms with Crippen molar-refractivity contribution < 1.29 is 9.59 Å². The zero-order valence-electron chi connectivity index (χ0n) is 22.0. The Hall–Kier alpha value is -1.72. The van der Waals surface area contributed by atoms with E-state index in [9.17, 15) is 9.59 Å². The lowest BCUT2D eigenvalue weighted by Crippen LogP contribution is -2.30. The van der Waals surface area contributed by atoms with Crippen LogP contribution in [0.25, 0.3) is 11.1 Å². The van der Waals surface area contributed by atoms with E-state index in [0.29, 0.717) is 12.8 Å².